The van der Waals surface area contributed by atoms with Gasteiger partial charge in [0.1, 0.15) is 5.82 Å². The van der Waals surface area contributed by atoms with E-state index in [-0.39, 0.29) is 18.7 Å². The van der Waals surface area contributed by atoms with Gasteiger partial charge in [-0.3, -0.25) is 4.79 Å². The Balaban J connectivity index is 1.29. The molecule has 0 aliphatic carbocycles. The zero-order valence-electron chi connectivity index (χ0n) is 13.7. The highest BCUT2D eigenvalue weighted by molar-refractivity contribution is 5.76. The lowest BCUT2D eigenvalue weighted by Crippen LogP contribution is -2.40. The monoisotopic (exact) mass is 327 g/mol. The Morgan fingerprint density at radius 3 is 3.17 bits per heavy atom. The summed E-state index contributed by atoms with van der Waals surface area (Å²) < 4.78 is 12.8. The minimum atomic E-state index is 0.0953. The van der Waals surface area contributed by atoms with Crippen LogP contribution in [-0.4, -0.2) is 28.3 Å². The number of carbonyl (C=O) groups excluding carboxylic acids is 1. The molecule has 0 spiro atoms. The third-order valence-corrected chi connectivity index (χ3v) is 4.56. The van der Waals surface area contributed by atoms with Crippen molar-refractivity contribution in [1.82, 2.24) is 14.9 Å². The van der Waals surface area contributed by atoms with E-state index in [0.717, 1.165) is 48.0 Å². The summed E-state index contributed by atoms with van der Waals surface area (Å²) >= 11 is 0. The zero-order chi connectivity index (χ0) is 16.5. The Hall–Kier alpha value is -2.50. The molecule has 1 aromatic carbocycles. The van der Waals surface area contributed by atoms with Gasteiger partial charge in [-0.2, -0.15) is 0 Å². The molecule has 4 rings (SSSR count). The largest absolute Gasteiger partial charge is 0.454 e. The molecular formula is C18H21N3O3. The van der Waals surface area contributed by atoms with Crippen molar-refractivity contribution in [3.05, 3.63) is 41.5 Å². The topological polar surface area (TPSA) is 65.4 Å². The molecule has 0 fully saturated rings. The van der Waals surface area contributed by atoms with Crippen molar-refractivity contribution in [2.75, 3.05) is 6.79 Å². The number of nitrogens with zero attached hydrogens (tertiary/aromatic N) is 2. The number of rotatable bonds is 4. The normalized spacial score (nSPS) is 18.3. The van der Waals surface area contributed by atoms with E-state index >= 15 is 0 Å². The lowest BCUT2D eigenvalue weighted by atomic mass is 10.1. The van der Waals surface area contributed by atoms with Crippen LogP contribution in [-0.2, 0) is 24.2 Å². The van der Waals surface area contributed by atoms with E-state index in [0.29, 0.717) is 12.8 Å². The number of amides is 1. The summed E-state index contributed by atoms with van der Waals surface area (Å²) in [6, 6.07) is 6.04. The van der Waals surface area contributed by atoms with E-state index < -0.39 is 0 Å². The predicted octanol–water partition coefficient (Wildman–Crippen LogP) is 1.98. The summed E-state index contributed by atoms with van der Waals surface area (Å²) in [4.78, 5) is 16.7. The SMILES string of the molecule is Cc1cn2c(n1)CCC(NC(=O)CCc1ccc3c(c1)OCO3)C2. The number of aryl methyl sites for hydroxylation is 3. The molecule has 2 aliphatic heterocycles. The average molecular weight is 327 g/mol. The maximum Gasteiger partial charge on any atom is 0.231 e. The van der Waals surface area contributed by atoms with Gasteiger partial charge in [0.2, 0.25) is 12.7 Å². The van der Waals surface area contributed by atoms with Crippen molar-refractivity contribution in [3.8, 4) is 11.5 Å². The van der Waals surface area contributed by atoms with Crippen molar-refractivity contribution >= 4 is 5.91 Å². The van der Waals surface area contributed by atoms with E-state index in [1.165, 1.54) is 0 Å². The number of fused-ring (bicyclic) bond motifs is 2. The number of hydrogen-bond donors (Lipinski definition) is 1. The Morgan fingerprint density at radius 1 is 1.38 bits per heavy atom. The van der Waals surface area contributed by atoms with Crippen LogP contribution in [0.25, 0.3) is 0 Å². The third-order valence-electron chi connectivity index (χ3n) is 4.56. The van der Waals surface area contributed by atoms with Crippen LogP contribution in [0.3, 0.4) is 0 Å². The zero-order valence-corrected chi connectivity index (χ0v) is 13.7. The second-order valence-corrected chi connectivity index (χ2v) is 6.44. The van der Waals surface area contributed by atoms with Crippen molar-refractivity contribution in [2.45, 2.75) is 45.2 Å². The van der Waals surface area contributed by atoms with Gasteiger partial charge in [0.05, 0.1) is 5.69 Å². The van der Waals surface area contributed by atoms with E-state index in [1.54, 1.807) is 0 Å². The number of nitrogens with one attached hydrogen (secondary N) is 1. The Bertz CT molecular complexity index is 769. The van der Waals surface area contributed by atoms with Gasteiger partial charge in [-0.25, -0.2) is 4.98 Å². The van der Waals surface area contributed by atoms with Gasteiger partial charge in [-0.1, -0.05) is 6.07 Å². The Kier molecular flexibility index (Phi) is 3.88. The molecule has 24 heavy (non-hydrogen) atoms. The minimum Gasteiger partial charge on any atom is -0.454 e. The fourth-order valence-electron chi connectivity index (χ4n) is 3.36. The summed E-state index contributed by atoms with van der Waals surface area (Å²) in [5.41, 5.74) is 2.13. The molecule has 2 aromatic rings. The number of ether oxygens (including phenoxy) is 2. The first-order valence-corrected chi connectivity index (χ1v) is 8.38. The van der Waals surface area contributed by atoms with E-state index in [4.69, 9.17) is 9.47 Å². The number of carbonyl (C=O) groups is 1. The first kappa shape index (κ1) is 15.1. The van der Waals surface area contributed by atoms with Crippen molar-refractivity contribution in [3.63, 3.8) is 0 Å². The average Bonchev–Trinajstić information content (AvgIpc) is 3.17. The highest BCUT2D eigenvalue weighted by atomic mass is 16.7. The molecule has 0 bridgehead atoms. The van der Waals surface area contributed by atoms with Gasteiger partial charge in [0.15, 0.2) is 11.5 Å². The smallest absolute Gasteiger partial charge is 0.231 e. The number of imidazole rings is 1. The van der Waals surface area contributed by atoms with Crippen LogP contribution in [0.1, 0.15) is 29.9 Å². The predicted molar refractivity (Wildman–Crippen MR) is 88.1 cm³/mol. The van der Waals surface area contributed by atoms with Crippen LogP contribution in [0.4, 0.5) is 0 Å². The quantitative estimate of drug-likeness (QED) is 0.932. The minimum absolute atomic E-state index is 0.0953. The van der Waals surface area contributed by atoms with Crippen LogP contribution in [0, 0.1) is 6.92 Å². The molecule has 0 saturated carbocycles. The highest BCUT2D eigenvalue weighted by Gasteiger charge is 2.21. The van der Waals surface area contributed by atoms with Crippen molar-refractivity contribution in [1.29, 1.82) is 0 Å². The Morgan fingerprint density at radius 2 is 2.25 bits per heavy atom. The van der Waals surface area contributed by atoms with Gasteiger partial charge in [0.25, 0.3) is 0 Å². The number of hydrogen-bond acceptors (Lipinski definition) is 4. The summed E-state index contributed by atoms with van der Waals surface area (Å²) in [5, 5.41) is 3.15. The van der Waals surface area contributed by atoms with E-state index in [9.17, 15) is 4.79 Å². The summed E-state index contributed by atoms with van der Waals surface area (Å²) in [6.07, 6.45) is 5.10. The van der Waals surface area contributed by atoms with Crippen molar-refractivity contribution < 1.29 is 14.3 Å². The maximum absolute atomic E-state index is 12.2. The van der Waals surface area contributed by atoms with Gasteiger partial charge >= 0.3 is 0 Å². The summed E-state index contributed by atoms with van der Waals surface area (Å²) in [7, 11) is 0. The molecule has 1 amide bonds. The van der Waals surface area contributed by atoms with Crippen LogP contribution in [0.15, 0.2) is 24.4 Å². The van der Waals surface area contributed by atoms with Crippen LogP contribution < -0.4 is 14.8 Å². The van der Waals surface area contributed by atoms with Crippen LogP contribution in [0.2, 0.25) is 0 Å². The molecule has 6 heteroatoms. The molecule has 3 heterocycles. The molecule has 1 aromatic heterocycles. The number of benzene rings is 1. The second kappa shape index (κ2) is 6.19. The van der Waals surface area contributed by atoms with Gasteiger partial charge in [0, 0.05) is 31.6 Å². The molecule has 6 nitrogen and oxygen atoms in total. The molecule has 2 aliphatic rings. The van der Waals surface area contributed by atoms with E-state index in [1.807, 2.05) is 25.1 Å². The fraction of sp³-hybridized carbons (Fsp3) is 0.444. The van der Waals surface area contributed by atoms with E-state index in [2.05, 4.69) is 21.1 Å². The lowest BCUT2D eigenvalue weighted by Gasteiger charge is -2.24. The molecule has 1 unspecified atom stereocenters. The molecule has 1 N–H and O–H groups in total. The third kappa shape index (κ3) is 3.09. The van der Waals surface area contributed by atoms with Gasteiger partial charge < -0.3 is 19.4 Å². The number of aromatic nitrogens is 2. The lowest BCUT2D eigenvalue weighted by molar-refractivity contribution is -0.122. The first-order valence-electron chi connectivity index (χ1n) is 8.38. The highest BCUT2D eigenvalue weighted by Crippen LogP contribution is 2.32. The van der Waals surface area contributed by atoms with Crippen molar-refractivity contribution in [2.24, 2.45) is 0 Å². The summed E-state index contributed by atoms with van der Waals surface area (Å²) in [5.74, 6) is 2.76. The van der Waals surface area contributed by atoms with Gasteiger partial charge in [-0.15, -0.1) is 0 Å². The van der Waals surface area contributed by atoms with Crippen LogP contribution >= 0.6 is 0 Å². The van der Waals surface area contributed by atoms with Crippen LogP contribution in [0.5, 0.6) is 11.5 Å². The molecular weight excluding hydrogens is 306 g/mol. The Labute approximate surface area is 140 Å². The van der Waals surface area contributed by atoms with Gasteiger partial charge in [-0.05, 0) is 37.5 Å². The standard InChI is InChI=1S/C18H21N3O3/c1-12-9-21-10-14(4-6-17(21)19-12)20-18(22)7-3-13-2-5-15-16(8-13)24-11-23-15/h2,5,8-9,14H,3-4,6-7,10-11H2,1H3,(H,20,22). The maximum atomic E-state index is 12.2. The molecule has 126 valence electrons. The fourth-order valence-corrected chi connectivity index (χ4v) is 3.36. The summed E-state index contributed by atoms with van der Waals surface area (Å²) in [6.45, 7) is 3.09. The second-order valence-electron chi connectivity index (χ2n) is 6.44. The first-order chi connectivity index (χ1) is 11.7. The molecule has 0 radical (unpaired) electrons. The molecule has 1 atom stereocenters. The molecule has 0 saturated heterocycles.